The maximum atomic E-state index is 13.5. The Balaban J connectivity index is 1.86. The lowest BCUT2D eigenvalue weighted by molar-refractivity contribution is -0.387. The lowest BCUT2D eigenvalue weighted by atomic mass is 10.2. The van der Waals surface area contributed by atoms with Crippen LogP contribution in [-0.4, -0.2) is 43.0 Å². The van der Waals surface area contributed by atoms with E-state index in [1.165, 1.54) is 37.4 Å². The van der Waals surface area contributed by atoms with Crippen LogP contribution in [0.1, 0.15) is 10.4 Å². The number of hydrogen-bond acceptors (Lipinski definition) is 7. The van der Waals surface area contributed by atoms with E-state index in [4.69, 9.17) is 4.74 Å². The lowest BCUT2D eigenvalue weighted by Gasteiger charge is -2.09. The normalized spacial score (nSPS) is 10.0. The summed E-state index contributed by atoms with van der Waals surface area (Å²) in [5, 5.41) is 15.4. The second kappa shape index (κ2) is 9.78. The predicted octanol–water partition coefficient (Wildman–Crippen LogP) is 1.65. The van der Waals surface area contributed by atoms with E-state index in [0.717, 1.165) is 12.1 Å². The summed E-state index contributed by atoms with van der Waals surface area (Å²) in [5.41, 5.74) is -0.0555. The highest BCUT2D eigenvalue weighted by molar-refractivity contribution is 5.97. The molecule has 0 aliphatic heterocycles. The first-order valence-corrected chi connectivity index (χ1v) is 8.12. The van der Waals surface area contributed by atoms with Crippen molar-refractivity contribution < 1.29 is 33.2 Å². The number of halogens is 1. The van der Waals surface area contributed by atoms with Crippen molar-refractivity contribution in [3.8, 4) is 5.75 Å². The number of methoxy groups -OCH3 is 1. The summed E-state index contributed by atoms with van der Waals surface area (Å²) in [4.78, 5) is 44.5. The number of nitro groups is 1. The van der Waals surface area contributed by atoms with E-state index in [-0.39, 0.29) is 17.9 Å². The van der Waals surface area contributed by atoms with Gasteiger partial charge in [0.15, 0.2) is 6.61 Å². The van der Waals surface area contributed by atoms with Gasteiger partial charge in [0, 0.05) is 23.4 Å². The number of nitrogens with zero attached hydrogens (tertiary/aromatic N) is 1. The van der Waals surface area contributed by atoms with Crippen molar-refractivity contribution in [2.24, 2.45) is 0 Å². The van der Waals surface area contributed by atoms with E-state index in [0.29, 0.717) is 5.69 Å². The average molecular weight is 405 g/mol. The Bertz CT molecular complexity index is 932. The molecule has 0 saturated carbocycles. The number of nitro benzene ring substituents is 1. The SMILES string of the molecule is COC(=O)CNC(=O)c1ccc(NC(=O)COc2ccc([N+](=O)[O-])c(F)c2)cc1. The minimum absolute atomic E-state index is 0.0409. The van der Waals surface area contributed by atoms with Gasteiger partial charge in [-0.25, -0.2) is 0 Å². The Hall–Kier alpha value is -4.02. The number of rotatable bonds is 8. The molecule has 0 fully saturated rings. The van der Waals surface area contributed by atoms with Crippen LogP contribution in [0.2, 0.25) is 0 Å². The fraction of sp³-hybridized carbons (Fsp3) is 0.167. The maximum absolute atomic E-state index is 13.5. The standard InChI is InChI=1S/C18H16FN3O7/c1-28-17(24)9-20-18(25)11-2-4-12(5-3-11)21-16(23)10-29-13-6-7-15(22(26)27)14(19)8-13/h2-8H,9-10H2,1H3,(H,20,25)(H,21,23). The highest BCUT2D eigenvalue weighted by atomic mass is 19.1. The van der Waals surface area contributed by atoms with Gasteiger partial charge in [-0.2, -0.15) is 4.39 Å². The third kappa shape index (κ3) is 6.27. The molecular weight excluding hydrogens is 389 g/mol. The zero-order valence-corrected chi connectivity index (χ0v) is 15.1. The van der Waals surface area contributed by atoms with E-state index in [9.17, 15) is 28.9 Å². The first kappa shape index (κ1) is 21.3. The fourth-order valence-corrected chi connectivity index (χ4v) is 2.10. The Morgan fingerprint density at radius 3 is 2.41 bits per heavy atom. The summed E-state index contributed by atoms with van der Waals surface area (Å²) in [6, 6.07) is 8.74. The molecule has 2 aromatic rings. The lowest BCUT2D eigenvalue weighted by Crippen LogP contribution is -2.30. The first-order valence-electron chi connectivity index (χ1n) is 8.12. The zero-order valence-electron chi connectivity index (χ0n) is 15.1. The summed E-state index contributed by atoms with van der Waals surface area (Å²) in [6.45, 7) is -0.729. The van der Waals surface area contributed by atoms with Crippen molar-refractivity contribution in [3.05, 3.63) is 64.0 Å². The predicted molar refractivity (Wildman–Crippen MR) is 98.0 cm³/mol. The Morgan fingerprint density at radius 2 is 1.83 bits per heavy atom. The number of benzene rings is 2. The Morgan fingerprint density at radius 1 is 1.14 bits per heavy atom. The quantitative estimate of drug-likeness (QED) is 0.387. The second-order valence-electron chi connectivity index (χ2n) is 5.54. The van der Waals surface area contributed by atoms with E-state index in [2.05, 4.69) is 15.4 Å². The molecule has 0 radical (unpaired) electrons. The van der Waals surface area contributed by atoms with Crippen LogP contribution in [0.25, 0.3) is 0 Å². The summed E-state index contributed by atoms with van der Waals surface area (Å²) < 4.78 is 23.0. The fourth-order valence-electron chi connectivity index (χ4n) is 2.10. The van der Waals surface area contributed by atoms with Crippen LogP contribution in [0.4, 0.5) is 15.8 Å². The largest absolute Gasteiger partial charge is 0.484 e. The number of esters is 1. The monoisotopic (exact) mass is 405 g/mol. The van der Waals surface area contributed by atoms with Crippen LogP contribution < -0.4 is 15.4 Å². The van der Waals surface area contributed by atoms with Gasteiger partial charge in [-0.1, -0.05) is 0 Å². The molecule has 0 aliphatic rings. The number of carbonyl (C=O) groups is 3. The number of hydrogen-bond donors (Lipinski definition) is 2. The molecular formula is C18H16FN3O7. The van der Waals surface area contributed by atoms with Crippen LogP contribution in [0, 0.1) is 15.9 Å². The molecule has 2 rings (SSSR count). The third-order valence-electron chi connectivity index (χ3n) is 3.54. The molecule has 0 aliphatic carbocycles. The smallest absolute Gasteiger partial charge is 0.325 e. The molecule has 29 heavy (non-hydrogen) atoms. The molecule has 0 heterocycles. The minimum atomic E-state index is -1.08. The van der Waals surface area contributed by atoms with Crippen molar-refractivity contribution in [1.29, 1.82) is 0 Å². The van der Waals surface area contributed by atoms with Crippen LogP contribution >= 0.6 is 0 Å². The Labute approximate surface area is 163 Å². The summed E-state index contributed by atoms with van der Waals surface area (Å²) >= 11 is 0. The maximum Gasteiger partial charge on any atom is 0.325 e. The van der Waals surface area contributed by atoms with Crippen molar-refractivity contribution >= 4 is 29.2 Å². The second-order valence-corrected chi connectivity index (χ2v) is 5.54. The summed E-state index contributed by atoms with van der Waals surface area (Å²) in [6.07, 6.45) is 0. The van der Waals surface area contributed by atoms with Gasteiger partial charge < -0.3 is 20.1 Å². The van der Waals surface area contributed by atoms with Gasteiger partial charge in [0.2, 0.25) is 5.82 Å². The van der Waals surface area contributed by atoms with Crippen molar-refractivity contribution in [2.45, 2.75) is 0 Å². The molecule has 0 aromatic heterocycles. The van der Waals surface area contributed by atoms with Crippen LogP contribution in [-0.2, 0) is 14.3 Å². The van der Waals surface area contributed by atoms with E-state index in [1.807, 2.05) is 0 Å². The molecule has 0 unspecified atom stereocenters. The van der Waals surface area contributed by atoms with Gasteiger partial charge in [-0.05, 0) is 30.3 Å². The molecule has 2 aromatic carbocycles. The van der Waals surface area contributed by atoms with Gasteiger partial charge >= 0.3 is 11.7 Å². The zero-order chi connectivity index (χ0) is 21.4. The molecule has 152 valence electrons. The van der Waals surface area contributed by atoms with Crippen LogP contribution in [0.3, 0.4) is 0 Å². The number of anilines is 1. The first-order chi connectivity index (χ1) is 13.8. The molecule has 0 atom stereocenters. The van der Waals surface area contributed by atoms with Crippen LogP contribution in [0.15, 0.2) is 42.5 Å². The number of carbonyl (C=O) groups excluding carboxylic acids is 3. The van der Waals surface area contributed by atoms with Gasteiger partial charge in [-0.3, -0.25) is 24.5 Å². The number of ether oxygens (including phenoxy) is 2. The molecule has 10 nitrogen and oxygen atoms in total. The Kier molecular flexibility index (Phi) is 7.18. The highest BCUT2D eigenvalue weighted by Crippen LogP contribution is 2.22. The van der Waals surface area contributed by atoms with E-state index >= 15 is 0 Å². The number of nitrogens with one attached hydrogen (secondary N) is 2. The van der Waals surface area contributed by atoms with Crippen LogP contribution in [0.5, 0.6) is 5.75 Å². The molecule has 0 bridgehead atoms. The van der Waals surface area contributed by atoms with Gasteiger partial charge in [0.05, 0.1) is 12.0 Å². The molecule has 11 heteroatoms. The topological polar surface area (TPSA) is 137 Å². The van der Waals surface area contributed by atoms with Crippen molar-refractivity contribution in [3.63, 3.8) is 0 Å². The molecule has 0 spiro atoms. The third-order valence-corrected chi connectivity index (χ3v) is 3.54. The van der Waals surface area contributed by atoms with E-state index < -0.39 is 40.8 Å². The number of amides is 2. The summed E-state index contributed by atoms with van der Waals surface area (Å²) in [7, 11) is 1.20. The van der Waals surface area contributed by atoms with Gasteiger partial charge in [-0.15, -0.1) is 0 Å². The van der Waals surface area contributed by atoms with Crippen molar-refractivity contribution in [1.82, 2.24) is 5.32 Å². The van der Waals surface area contributed by atoms with Gasteiger partial charge in [0.1, 0.15) is 12.3 Å². The molecule has 0 saturated heterocycles. The highest BCUT2D eigenvalue weighted by Gasteiger charge is 2.15. The van der Waals surface area contributed by atoms with E-state index in [1.54, 1.807) is 0 Å². The summed E-state index contributed by atoms with van der Waals surface area (Å²) in [5.74, 6) is -2.76. The molecule has 2 amide bonds. The van der Waals surface area contributed by atoms with Crippen molar-refractivity contribution in [2.75, 3.05) is 25.6 Å². The molecule has 2 N–H and O–H groups in total. The minimum Gasteiger partial charge on any atom is -0.484 e. The average Bonchev–Trinajstić information content (AvgIpc) is 2.70. The van der Waals surface area contributed by atoms with Gasteiger partial charge in [0.25, 0.3) is 11.8 Å².